The van der Waals surface area contributed by atoms with Gasteiger partial charge in [0.1, 0.15) is 12.2 Å². The third-order valence-electron chi connectivity index (χ3n) is 9.06. The van der Waals surface area contributed by atoms with E-state index in [4.69, 9.17) is 0 Å². The van der Waals surface area contributed by atoms with Gasteiger partial charge in [0, 0.05) is 79.7 Å². The van der Waals surface area contributed by atoms with Gasteiger partial charge in [-0.25, -0.2) is 24.9 Å². The summed E-state index contributed by atoms with van der Waals surface area (Å²) in [5, 5.41) is 45.1. The second-order valence-corrected chi connectivity index (χ2v) is 18.0. The quantitative estimate of drug-likeness (QED) is 0.137. The molecule has 0 spiro atoms. The highest BCUT2D eigenvalue weighted by atomic mass is 15.1. The minimum absolute atomic E-state index is 0. The van der Waals surface area contributed by atoms with Crippen molar-refractivity contribution in [2.24, 2.45) is 0 Å². The van der Waals surface area contributed by atoms with Crippen molar-refractivity contribution >= 4 is 0 Å². The van der Waals surface area contributed by atoms with E-state index in [9.17, 15) is 0 Å². The Bertz CT molecular complexity index is 1890. The van der Waals surface area contributed by atoms with Crippen molar-refractivity contribution in [2.75, 3.05) is 0 Å². The van der Waals surface area contributed by atoms with Gasteiger partial charge >= 0.3 is 0 Å². The Hall–Kier alpha value is -7.57. The predicted octanol–water partition coefficient (Wildman–Crippen LogP) is 19.8. The van der Waals surface area contributed by atoms with Gasteiger partial charge in [-0.2, -0.15) is 45.9 Å². The van der Waals surface area contributed by atoms with E-state index in [1.807, 2.05) is 175 Å². The molecule has 0 aliphatic rings. The molecular weight excluding hydrogens is 1110 g/mol. The number of hydrogen-bond donors (Lipinski definition) is 0. The molecule has 0 saturated heterocycles. The van der Waals surface area contributed by atoms with Gasteiger partial charge in [0.25, 0.3) is 0 Å². The van der Waals surface area contributed by atoms with E-state index in [0.717, 1.165) is 40.2 Å². The summed E-state index contributed by atoms with van der Waals surface area (Å²) in [6.45, 7) is 65.3. The van der Waals surface area contributed by atoms with Crippen LogP contribution in [0.25, 0.3) is 0 Å². The smallest absolute Gasteiger partial charge is 0.153 e. The topological polar surface area (TPSA) is 245 Å². The normalized spacial score (nSPS) is 8.72. The molecule has 19 nitrogen and oxygen atoms in total. The van der Waals surface area contributed by atoms with E-state index in [0.29, 0.717) is 47.3 Å². The summed E-state index contributed by atoms with van der Waals surface area (Å²) in [4.78, 5) is 28.2. The first kappa shape index (κ1) is 100. The fourth-order valence-corrected chi connectivity index (χ4v) is 4.69. The maximum atomic E-state index is 4.12. The van der Waals surface area contributed by atoms with Gasteiger partial charge in [-0.3, -0.25) is 9.97 Å². The molecule has 0 unspecified atom stereocenters. The van der Waals surface area contributed by atoms with Crippen LogP contribution in [0.2, 0.25) is 0 Å². The third kappa shape index (κ3) is 63.3. The summed E-state index contributed by atoms with van der Waals surface area (Å²) in [7, 11) is 0. The molecule has 89 heavy (non-hydrogen) atoms. The third-order valence-corrected chi connectivity index (χ3v) is 9.06. The van der Waals surface area contributed by atoms with Crippen LogP contribution in [0.1, 0.15) is 322 Å². The lowest BCUT2D eigenvalue weighted by atomic mass is 10.1. The highest BCUT2D eigenvalue weighted by Gasteiger charge is 2.02. The van der Waals surface area contributed by atoms with Crippen LogP contribution in [0.3, 0.4) is 0 Å². The first-order valence-corrected chi connectivity index (χ1v) is 32.2. The monoisotopic (exact) mass is 1240 g/mol. The minimum atomic E-state index is 0. The van der Waals surface area contributed by atoms with Crippen molar-refractivity contribution < 1.29 is 0 Å². The van der Waals surface area contributed by atoms with Crippen LogP contribution in [0.5, 0.6) is 0 Å². The Morgan fingerprint density at radius 2 is 0.596 bits per heavy atom. The fourth-order valence-electron chi connectivity index (χ4n) is 4.69. The van der Waals surface area contributed by atoms with E-state index < -0.39 is 0 Å². The zero-order chi connectivity index (χ0) is 69.5. The van der Waals surface area contributed by atoms with Crippen molar-refractivity contribution in [3.05, 3.63) is 175 Å². The Labute approximate surface area is 545 Å². The van der Waals surface area contributed by atoms with Crippen molar-refractivity contribution in [1.82, 2.24) is 96.1 Å². The molecule has 0 saturated carbocycles. The van der Waals surface area contributed by atoms with Crippen molar-refractivity contribution in [3.8, 4) is 0 Å². The van der Waals surface area contributed by atoms with Crippen molar-refractivity contribution in [3.63, 3.8) is 0 Å². The van der Waals surface area contributed by atoms with E-state index >= 15 is 0 Å². The minimum Gasteiger partial charge on any atom is -0.261 e. The van der Waals surface area contributed by atoms with Gasteiger partial charge < -0.3 is 0 Å². The molecule has 504 valence electrons. The lowest BCUT2D eigenvalue weighted by Gasteiger charge is -2.00. The average molecular weight is 1240 g/mol. The first-order chi connectivity index (χ1) is 42.4. The van der Waals surface area contributed by atoms with Gasteiger partial charge in [0.2, 0.25) is 0 Å². The molecule has 0 aliphatic carbocycles. The second kappa shape index (κ2) is 78.4. The van der Waals surface area contributed by atoms with Gasteiger partial charge in [-0.15, -0.1) is 15.3 Å². The van der Waals surface area contributed by atoms with Crippen LogP contribution in [-0.4, -0.2) is 96.1 Å². The standard InChI is InChI=1S/5C7H10N2.3C6H9N3.8C2H6.CH4/c1-6(2)7-5-8-3-4-9-7;1-6(2)7-3-4-8-9-5-7;1-6(2)7-8-4-3-5-9-7;2*1-6(2)7-4-3-5-8-9-7;1-5(2)6-3-8-9-4-7-6;2*1-5(2)6-7-3-4-8-9-6;8*1-2;/h5*3-6H,1-2H3;3*3-5H,1-2H3;8*1-2H3;1H4. The predicted molar refractivity (Wildman–Crippen MR) is 380 cm³/mol. The van der Waals surface area contributed by atoms with Crippen LogP contribution in [0.15, 0.2) is 129 Å². The number of hydrogen-bond acceptors (Lipinski definition) is 19. The van der Waals surface area contributed by atoms with Crippen molar-refractivity contribution in [1.29, 1.82) is 0 Å². The molecule has 8 aromatic heterocycles. The number of rotatable bonds is 8. The average Bonchev–Trinajstić information content (AvgIpc) is 3.63. The van der Waals surface area contributed by atoms with Crippen LogP contribution in [0.4, 0.5) is 0 Å². The Kier molecular flexibility index (Phi) is 88.5. The molecule has 19 heteroatoms. The highest BCUT2D eigenvalue weighted by Crippen LogP contribution is 2.11. The fraction of sp³-hybridized carbons (Fsp3) is 0.586. The van der Waals surface area contributed by atoms with E-state index in [-0.39, 0.29) is 7.43 Å². The van der Waals surface area contributed by atoms with Gasteiger partial charge in [-0.05, 0) is 71.6 Å². The largest absolute Gasteiger partial charge is 0.261 e. The molecule has 0 amide bonds. The Morgan fingerprint density at radius 3 is 0.798 bits per heavy atom. The molecular formula is C70H129N19. The molecule has 8 rings (SSSR count). The molecule has 0 radical (unpaired) electrons. The van der Waals surface area contributed by atoms with E-state index in [1.54, 1.807) is 86.8 Å². The molecule has 8 heterocycles. The summed E-state index contributed by atoms with van der Waals surface area (Å²) in [6.07, 6.45) is 25.2. The Balaban J connectivity index is -0.000000113. The van der Waals surface area contributed by atoms with E-state index in [2.05, 4.69) is 179 Å². The lowest BCUT2D eigenvalue weighted by Crippen LogP contribution is -1.96. The molecule has 8 aromatic rings. The summed E-state index contributed by atoms with van der Waals surface area (Å²) < 4.78 is 0. The number of nitrogens with zero attached hydrogens (tertiary/aromatic N) is 19. The summed E-state index contributed by atoms with van der Waals surface area (Å²) in [5.74, 6) is 6.16. The Morgan fingerprint density at radius 1 is 0.236 bits per heavy atom. The summed E-state index contributed by atoms with van der Waals surface area (Å²) >= 11 is 0. The zero-order valence-corrected chi connectivity index (χ0v) is 61.2. The molecule has 0 bridgehead atoms. The van der Waals surface area contributed by atoms with Crippen LogP contribution >= 0.6 is 0 Å². The van der Waals surface area contributed by atoms with Gasteiger partial charge in [-0.1, -0.05) is 229 Å². The summed E-state index contributed by atoms with van der Waals surface area (Å²) in [5.41, 5.74) is 5.39. The maximum Gasteiger partial charge on any atom is 0.153 e. The maximum absolute atomic E-state index is 4.12. The highest BCUT2D eigenvalue weighted by molar-refractivity contribution is 5.09. The molecule has 0 aromatic carbocycles. The second-order valence-electron chi connectivity index (χ2n) is 18.0. The molecule has 0 N–H and O–H groups in total. The summed E-state index contributed by atoms with van der Waals surface area (Å²) in [6, 6.07) is 11.6. The van der Waals surface area contributed by atoms with Crippen LogP contribution in [-0.2, 0) is 0 Å². The molecule has 0 fully saturated rings. The van der Waals surface area contributed by atoms with Crippen LogP contribution < -0.4 is 0 Å². The number of aromatic nitrogens is 19. The van der Waals surface area contributed by atoms with E-state index in [1.165, 1.54) is 11.9 Å². The SMILES string of the molecule is C.CC.CC.CC.CC.CC.CC.CC.CC.CC(C)c1cccnn1.CC(C)c1cccnn1.CC(C)c1ccnnc1.CC(C)c1cnccn1.CC(C)c1cnncn1.CC(C)c1ncccn1.CC(C)c1nccnn1.CC(C)c1nccnn1. The van der Waals surface area contributed by atoms with Crippen LogP contribution in [0, 0.1) is 0 Å². The van der Waals surface area contributed by atoms with Gasteiger partial charge in [0.05, 0.1) is 47.6 Å². The zero-order valence-electron chi connectivity index (χ0n) is 61.2. The van der Waals surface area contributed by atoms with Crippen molar-refractivity contribution in [2.45, 2.75) is 276 Å². The van der Waals surface area contributed by atoms with Gasteiger partial charge in [0.15, 0.2) is 11.6 Å². The lowest BCUT2D eigenvalue weighted by molar-refractivity contribution is 0.735. The molecule has 0 atom stereocenters. The molecule has 0 aliphatic heterocycles. The first-order valence-electron chi connectivity index (χ1n) is 32.2.